The first-order chi connectivity index (χ1) is 12.2. The van der Waals surface area contributed by atoms with Gasteiger partial charge in [0.2, 0.25) is 0 Å². The van der Waals surface area contributed by atoms with Crippen LogP contribution in [-0.2, 0) is 9.31 Å². The fraction of sp³-hybridized carbons (Fsp3) is 0.350. The molecule has 134 valence electrons. The van der Waals surface area contributed by atoms with Crippen LogP contribution in [0.25, 0.3) is 0 Å². The highest BCUT2D eigenvalue weighted by molar-refractivity contribution is 6.62. The summed E-state index contributed by atoms with van der Waals surface area (Å²) in [7, 11) is -0.360. The van der Waals surface area contributed by atoms with Crippen LogP contribution >= 0.6 is 11.6 Å². The number of hydrogen-bond donors (Lipinski definition) is 0. The predicted molar refractivity (Wildman–Crippen MR) is 105 cm³/mol. The van der Waals surface area contributed by atoms with E-state index in [0.717, 1.165) is 28.2 Å². The minimum atomic E-state index is -0.360. The van der Waals surface area contributed by atoms with E-state index in [1.807, 2.05) is 36.4 Å². The first-order valence-electron chi connectivity index (χ1n) is 8.71. The van der Waals surface area contributed by atoms with Crippen LogP contribution < -0.4 is 10.2 Å². The summed E-state index contributed by atoms with van der Waals surface area (Å²) in [5.74, 6) is 0.718. The first-order valence-corrected chi connectivity index (χ1v) is 9.09. The third kappa shape index (κ3) is 3.04. The molecule has 0 aliphatic carbocycles. The number of ether oxygens (including phenoxy) is 1. The SMILES string of the molecule is CC1(C)OB(c2ccc(C3=Nc4ccc(Cl)cc4OC3)cc2)OC1(C)C. The zero-order chi connectivity index (χ0) is 18.5. The van der Waals surface area contributed by atoms with Gasteiger partial charge in [-0.25, -0.2) is 4.99 Å². The maximum Gasteiger partial charge on any atom is 0.494 e. The highest BCUT2D eigenvalue weighted by Gasteiger charge is 2.51. The molecular formula is C20H21BClNO3. The van der Waals surface area contributed by atoms with Crippen molar-refractivity contribution in [3.8, 4) is 5.75 Å². The van der Waals surface area contributed by atoms with Gasteiger partial charge in [0.1, 0.15) is 18.0 Å². The van der Waals surface area contributed by atoms with Crippen molar-refractivity contribution in [1.29, 1.82) is 0 Å². The van der Waals surface area contributed by atoms with E-state index in [4.69, 9.17) is 30.6 Å². The molecule has 2 aliphatic rings. The summed E-state index contributed by atoms with van der Waals surface area (Å²) in [6.45, 7) is 8.64. The summed E-state index contributed by atoms with van der Waals surface area (Å²) in [6, 6.07) is 13.6. The number of halogens is 1. The molecule has 0 N–H and O–H groups in total. The molecule has 0 bridgehead atoms. The monoisotopic (exact) mass is 369 g/mol. The quantitative estimate of drug-likeness (QED) is 0.747. The number of hydrogen-bond acceptors (Lipinski definition) is 4. The van der Waals surface area contributed by atoms with E-state index in [9.17, 15) is 0 Å². The van der Waals surface area contributed by atoms with Crippen molar-refractivity contribution in [2.75, 3.05) is 6.61 Å². The van der Waals surface area contributed by atoms with Crippen LogP contribution in [0, 0.1) is 0 Å². The second-order valence-electron chi connectivity index (χ2n) is 7.67. The Bertz CT molecular complexity index is 861. The van der Waals surface area contributed by atoms with Crippen LogP contribution in [0.5, 0.6) is 5.75 Å². The second kappa shape index (κ2) is 6.12. The van der Waals surface area contributed by atoms with Crippen molar-refractivity contribution < 1.29 is 14.0 Å². The van der Waals surface area contributed by atoms with Gasteiger partial charge in [0.15, 0.2) is 0 Å². The molecule has 0 saturated carbocycles. The average Bonchev–Trinajstić information content (AvgIpc) is 2.82. The second-order valence-corrected chi connectivity index (χ2v) is 8.11. The number of rotatable bonds is 2. The van der Waals surface area contributed by atoms with Crippen molar-refractivity contribution >= 4 is 35.6 Å². The highest BCUT2D eigenvalue weighted by Crippen LogP contribution is 2.37. The highest BCUT2D eigenvalue weighted by atomic mass is 35.5. The predicted octanol–water partition coefficient (Wildman–Crippen LogP) is 4.15. The third-order valence-corrected chi connectivity index (χ3v) is 5.55. The Morgan fingerprint density at radius 2 is 1.62 bits per heavy atom. The molecule has 2 heterocycles. The first kappa shape index (κ1) is 17.6. The fourth-order valence-corrected chi connectivity index (χ4v) is 3.14. The van der Waals surface area contributed by atoms with Gasteiger partial charge >= 0.3 is 7.12 Å². The molecule has 0 atom stereocenters. The zero-order valence-electron chi connectivity index (χ0n) is 15.4. The van der Waals surface area contributed by atoms with Gasteiger partial charge in [0.05, 0.1) is 16.9 Å². The molecule has 4 nitrogen and oxygen atoms in total. The van der Waals surface area contributed by atoms with Gasteiger partial charge in [-0.1, -0.05) is 35.9 Å². The van der Waals surface area contributed by atoms with Gasteiger partial charge in [-0.05, 0) is 50.9 Å². The summed E-state index contributed by atoms with van der Waals surface area (Å²) in [5, 5.41) is 0.647. The van der Waals surface area contributed by atoms with Gasteiger partial charge in [-0.3, -0.25) is 0 Å². The van der Waals surface area contributed by atoms with Gasteiger partial charge in [-0.2, -0.15) is 0 Å². The van der Waals surface area contributed by atoms with Crippen LogP contribution in [0.1, 0.15) is 33.3 Å². The Labute approximate surface area is 159 Å². The van der Waals surface area contributed by atoms with Crippen molar-refractivity contribution in [1.82, 2.24) is 0 Å². The molecule has 6 heteroatoms. The Kier molecular flexibility index (Phi) is 4.14. The van der Waals surface area contributed by atoms with E-state index in [0.29, 0.717) is 11.6 Å². The van der Waals surface area contributed by atoms with Crippen LogP contribution in [0.3, 0.4) is 0 Å². The Balaban J connectivity index is 1.57. The molecule has 26 heavy (non-hydrogen) atoms. The van der Waals surface area contributed by atoms with E-state index in [1.165, 1.54) is 0 Å². The Morgan fingerprint density at radius 3 is 2.27 bits per heavy atom. The van der Waals surface area contributed by atoms with E-state index in [-0.39, 0.29) is 18.3 Å². The molecule has 1 saturated heterocycles. The lowest BCUT2D eigenvalue weighted by Gasteiger charge is -2.32. The van der Waals surface area contributed by atoms with E-state index < -0.39 is 0 Å². The molecule has 4 rings (SSSR count). The van der Waals surface area contributed by atoms with Crippen LogP contribution in [-0.4, -0.2) is 30.6 Å². The Morgan fingerprint density at radius 1 is 0.962 bits per heavy atom. The standard InChI is InChI=1S/C20H21BClNO3/c1-19(2)20(3,4)26-21(25-19)14-7-5-13(6-8-14)17-12-24-18-11-15(22)9-10-16(18)23-17/h5-11H,12H2,1-4H3. The molecule has 0 unspecified atom stereocenters. The normalized spacial score (nSPS) is 20.3. The van der Waals surface area contributed by atoms with Gasteiger partial charge in [-0.15, -0.1) is 0 Å². The van der Waals surface area contributed by atoms with Gasteiger partial charge in [0.25, 0.3) is 0 Å². The minimum Gasteiger partial charge on any atom is -0.485 e. The molecule has 1 fully saturated rings. The van der Waals surface area contributed by atoms with E-state index in [1.54, 1.807) is 6.07 Å². The number of nitrogens with zero attached hydrogens (tertiary/aromatic N) is 1. The fourth-order valence-electron chi connectivity index (χ4n) is 2.98. The molecule has 0 radical (unpaired) electrons. The molecular weight excluding hydrogens is 348 g/mol. The van der Waals surface area contributed by atoms with Crippen LogP contribution in [0.4, 0.5) is 5.69 Å². The summed E-state index contributed by atoms with van der Waals surface area (Å²) in [6.07, 6.45) is 0. The van der Waals surface area contributed by atoms with Crippen LogP contribution in [0.2, 0.25) is 5.02 Å². The molecule has 0 spiro atoms. The number of benzene rings is 2. The maximum absolute atomic E-state index is 6.10. The van der Waals surface area contributed by atoms with Crippen molar-refractivity contribution in [2.24, 2.45) is 4.99 Å². The molecule has 0 amide bonds. The molecule has 2 aromatic carbocycles. The van der Waals surface area contributed by atoms with Crippen molar-refractivity contribution in [2.45, 2.75) is 38.9 Å². The van der Waals surface area contributed by atoms with Crippen molar-refractivity contribution in [3.05, 3.63) is 53.1 Å². The summed E-state index contributed by atoms with van der Waals surface area (Å²) < 4.78 is 18.0. The largest absolute Gasteiger partial charge is 0.494 e. The topological polar surface area (TPSA) is 40.0 Å². The van der Waals surface area contributed by atoms with Gasteiger partial charge in [0, 0.05) is 11.1 Å². The summed E-state index contributed by atoms with van der Waals surface area (Å²) in [4.78, 5) is 4.70. The van der Waals surface area contributed by atoms with E-state index in [2.05, 4.69) is 27.7 Å². The third-order valence-electron chi connectivity index (χ3n) is 5.31. The maximum atomic E-state index is 6.10. The molecule has 2 aromatic rings. The number of fused-ring (bicyclic) bond motifs is 1. The Hall–Kier alpha value is -1.82. The lowest BCUT2D eigenvalue weighted by molar-refractivity contribution is 0.00578. The van der Waals surface area contributed by atoms with Gasteiger partial charge < -0.3 is 14.0 Å². The van der Waals surface area contributed by atoms with E-state index >= 15 is 0 Å². The summed E-state index contributed by atoms with van der Waals surface area (Å²) >= 11 is 6.00. The zero-order valence-corrected chi connectivity index (χ0v) is 16.1. The number of aliphatic imine (C=N–C) groups is 1. The lowest BCUT2D eigenvalue weighted by atomic mass is 9.78. The molecule has 0 aromatic heterocycles. The smallest absolute Gasteiger partial charge is 0.485 e. The average molecular weight is 370 g/mol. The lowest BCUT2D eigenvalue weighted by Crippen LogP contribution is -2.41. The summed E-state index contributed by atoms with van der Waals surface area (Å²) in [5.41, 5.74) is 3.01. The van der Waals surface area contributed by atoms with Crippen LogP contribution in [0.15, 0.2) is 47.5 Å². The minimum absolute atomic E-state index is 0.345. The van der Waals surface area contributed by atoms with Crippen molar-refractivity contribution in [3.63, 3.8) is 0 Å². The molecule has 2 aliphatic heterocycles.